The van der Waals surface area contributed by atoms with E-state index in [9.17, 15) is 4.79 Å². The van der Waals surface area contributed by atoms with E-state index < -0.39 is 0 Å². The number of rotatable bonds is 4. The van der Waals surface area contributed by atoms with Gasteiger partial charge in [0.1, 0.15) is 18.4 Å². The highest BCUT2D eigenvalue weighted by Crippen LogP contribution is 2.24. The molecule has 1 saturated heterocycles. The number of ether oxygens (including phenoxy) is 1. The maximum Gasteiger partial charge on any atom is 0.255 e. The van der Waals surface area contributed by atoms with Crippen LogP contribution in [-0.4, -0.2) is 69.1 Å². The molecule has 0 spiro atoms. The minimum absolute atomic E-state index is 0.0157. The molecule has 1 fully saturated rings. The summed E-state index contributed by atoms with van der Waals surface area (Å²) in [6.45, 7) is 2.58. The third kappa shape index (κ3) is 3.68. The lowest BCUT2D eigenvalue weighted by molar-refractivity contribution is 0.0745. The molecule has 0 saturated carbocycles. The second-order valence-corrected chi connectivity index (χ2v) is 7.07. The fraction of sp³-hybridized carbons (Fsp3) is 0.278. The number of halogens is 1. The number of carbonyl (C=O) groups is 1. The van der Waals surface area contributed by atoms with E-state index in [2.05, 4.69) is 41.1 Å². The van der Waals surface area contributed by atoms with E-state index >= 15 is 0 Å². The SMILES string of the molecule is COc1ccc(Br)c(C(=O)N2CCN(c3ccc(-n4cncn4)nn3)CC2)c1. The Morgan fingerprint density at radius 3 is 2.46 bits per heavy atom. The predicted octanol–water partition coefficient (Wildman–Crippen LogP) is 1.79. The van der Waals surface area contributed by atoms with Gasteiger partial charge in [-0.15, -0.1) is 10.2 Å². The summed E-state index contributed by atoms with van der Waals surface area (Å²) >= 11 is 3.46. The van der Waals surface area contributed by atoms with Crippen molar-refractivity contribution < 1.29 is 9.53 Å². The van der Waals surface area contributed by atoms with Crippen LogP contribution in [0.1, 0.15) is 10.4 Å². The largest absolute Gasteiger partial charge is 0.497 e. The molecular formula is C18H18BrN7O2. The van der Waals surface area contributed by atoms with Gasteiger partial charge in [-0.2, -0.15) is 5.10 Å². The summed E-state index contributed by atoms with van der Waals surface area (Å²) in [4.78, 5) is 20.7. The van der Waals surface area contributed by atoms with Crippen LogP contribution < -0.4 is 9.64 Å². The molecule has 10 heteroatoms. The number of anilines is 1. The predicted molar refractivity (Wildman–Crippen MR) is 106 cm³/mol. The monoisotopic (exact) mass is 443 g/mol. The minimum atomic E-state index is -0.0157. The first-order valence-electron chi connectivity index (χ1n) is 8.72. The molecule has 28 heavy (non-hydrogen) atoms. The second kappa shape index (κ2) is 7.93. The number of methoxy groups -OCH3 is 1. The van der Waals surface area contributed by atoms with Crippen LogP contribution in [0, 0.1) is 0 Å². The summed E-state index contributed by atoms with van der Waals surface area (Å²) in [7, 11) is 1.59. The van der Waals surface area contributed by atoms with Crippen LogP contribution in [0.15, 0.2) is 47.5 Å². The van der Waals surface area contributed by atoms with E-state index in [0.29, 0.717) is 43.3 Å². The third-order valence-corrected chi connectivity index (χ3v) is 5.28. The highest BCUT2D eigenvalue weighted by atomic mass is 79.9. The van der Waals surface area contributed by atoms with Crippen LogP contribution in [-0.2, 0) is 0 Å². The average molecular weight is 444 g/mol. The molecular weight excluding hydrogens is 426 g/mol. The first-order valence-corrected chi connectivity index (χ1v) is 9.51. The van der Waals surface area contributed by atoms with Crippen LogP contribution in [0.4, 0.5) is 5.82 Å². The van der Waals surface area contributed by atoms with Crippen LogP contribution in [0.2, 0.25) is 0 Å². The number of aromatic nitrogens is 5. The number of hydrogen-bond donors (Lipinski definition) is 0. The van der Waals surface area contributed by atoms with Gasteiger partial charge < -0.3 is 14.5 Å². The van der Waals surface area contributed by atoms with Crippen LogP contribution in [0.3, 0.4) is 0 Å². The molecule has 1 aromatic carbocycles. The number of amides is 1. The Hall–Kier alpha value is -3.01. The molecule has 3 aromatic rings. The molecule has 0 atom stereocenters. The van der Waals surface area contributed by atoms with Crippen molar-refractivity contribution in [1.29, 1.82) is 0 Å². The zero-order chi connectivity index (χ0) is 19.5. The fourth-order valence-corrected chi connectivity index (χ4v) is 3.46. The first kappa shape index (κ1) is 18.4. The summed E-state index contributed by atoms with van der Waals surface area (Å²) in [6, 6.07) is 9.16. The topological polar surface area (TPSA) is 89.3 Å². The van der Waals surface area contributed by atoms with Crippen molar-refractivity contribution in [1.82, 2.24) is 29.9 Å². The molecule has 0 bridgehead atoms. The summed E-state index contributed by atoms with van der Waals surface area (Å²) < 4.78 is 7.55. The van der Waals surface area contributed by atoms with Crippen molar-refractivity contribution in [2.75, 3.05) is 38.2 Å². The number of nitrogens with zero attached hydrogens (tertiary/aromatic N) is 7. The number of benzene rings is 1. The standard InChI is InChI=1S/C18H18BrN7O2/c1-28-13-2-3-15(19)14(10-13)18(27)25-8-6-24(7-9-25)16-4-5-17(23-22-16)26-12-20-11-21-26/h2-5,10-12H,6-9H2,1H3. The molecule has 0 radical (unpaired) electrons. The first-order chi connectivity index (χ1) is 13.7. The lowest BCUT2D eigenvalue weighted by atomic mass is 10.1. The molecule has 4 rings (SSSR count). The lowest BCUT2D eigenvalue weighted by Crippen LogP contribution is -2.49. The Morgan fingerprint density at radius 1 is 1.07 bits per heavy atom. The Balaban J connectivity index is 1.41. The molecule has 144 valence electrons. The Bertz CT molecular complexity index is 955. The van der Waals surface area contributed by atoms with Gasteiger partial charge in [0, 0.05) is 30.7 Å². The minimum Gasteiger partial charge on any atom is -0.497 e. The molecule has 1 aliphatic rings. The zero-order valence-corrected chi connectivity index (χ0v) is 16.8. The fourth-order valence-electron chi connectivity index (χ4n) is 3.04. The second-order valence-electron chi connectivity index (χ2n) is 6.21. The van der Waals surface area contributed by atoms with Crippen LogP contribution in [0.5, 0.6) is 5.75 Å². The third-order valence-electron chi connectivity index (χ3n) is 4.58. The molecule has 9 nitrogen and oxygen atoms in total. The van der Waals surface area contributed by atoms with Crippen molar-refractivity contribution in [2.45, 2.75) is 0 Å². The summed E-state index contributed by atoms with van der Waals surface area (Å²) in [6.07, 6.45) is 3.03. The molecule has 1 amide bonds. The maximum absolute atomic E-state index is 12.9. The van der Waals surface area contributed by atoms with Crippen LogP contribution in [0.25, 0.3) is 5.82 Å². The Morgan fingerprint density at radius 2 is 1.82 bits per heavy atom. The number of hydrogen-bond acceptors (Lipinski definition) is 7. The van der Waals surface area contributed by atoms with Gasteiger partial charge in [-0.3, -0.25) is 4.79 Å². The zero-order valence-electron chi connectivity index (χ0n) is 15.2. The van der Waals surface area contributed by atoms with Crippen molar-refractivity contribution in [3.05, 3.63) is 53.0 Å². The van der Waals surface area contributed by atoms with E-state index in [0.717, 1.165) is 10.3 Å². The lowest BCUT2D eigenvalue weighted by Gasteiger charge is -2.35. The number of carbonyl (C=O) groups excluding carboxylic acids is 1. The van der Waals surface area contributed by atoms with Gasteiger partial charge in [-0.25, -0.2) is 9.67 Å². The molecule has 0 aliphatic carbocycles. The molecule has 0 unspecified atom stereocenters. The number of piperazine rings is 1. The highest BCUT2D eigenvalue weighted by Gasteiger charge is 2.24. The van der Waals surface area contributed by atoms with Gasteiger partial charge in [0.15, 0.2) is 11.6 Å². The smallest absolute Gasteiger partial charge is 0.255 e. The van der Waals surface area contributed by atoms with Gasteiger partial charge in [-0.05, 0) is 46.3 Å². The summed E-state index contributed by atoms with van der Waals surface area (Å²) in [5.41, 5.74) is 0.602. The van der Waals surface area contributed by atoms with E-state index in [1.807, 2.05) is 29.2 Å². The molecule has 2 aromatic heterocycles. The quantitative estimate of drug-likeness (QED) is 0.606. The van der Waals surface area contributed by atoms with E-state index in [1.54, 1.807) is 24.2 Å². The Labute approximate surface area is 170 Å². The van der Waals surface area contributed by atoms with E-state index in [4.69, 9.17) is 4.74 Å². The normalized spacial score (nSPS) is 14.2. The maximum atomic E-state index is 12.9. The molecule has 1 aliphatic heterocycles. The van der Waals surface area contributed by atoms with Gasteiger partial charge in [0.05, 0.1) is 12.7 Å². The summed E-state index contributed by atoms with van der Waals surface area (Å²) in [5, 5.41) is 12.5. The summed E-state index contributed by atoms with van der Waals surface area (Å²) in [5.74, 6) is 2.03. The molecule has 3 heterocycles. The van der Waals surface area contributed by atoms with Crippen molar-refractivity contribution >= 4 is 27.7 Å². The average Bonchev–Trinajstić information content (AvgIpc) is 3.29. The van der Waals surface area contributed by atoms with Gasteiger partial charge in [0.2, 0.25) is 0 Å². The van der Waals surface area contributed by atoms with E-state index in [-0.39, 0.29) is 5.91 Å². The van der Waals surface area contributed by atoms with Gasteiger partial charge in [0.25, 0.3) is 5.91 Å². The van der Waals surface area contributed by atoms with Gasteiger partial charge >= 0.3 is 0 Å². The molecule has 0 N–H and O–H groups in total. The van der Waals surface area contributed by atoms with Crippen molar-refractivity contribution in [3.8, 4) is 11.6 Å². The Kier molecular flexibility index (Phi) is 5.20. The van der Waals surface area contributed by atoms with Crippen molar-refractivity contribution in [3.63, 3.8) is 0 Å². The van der Waals surface area contributed by atoms with Crippen molar-refractivity contribution in [2.24, 2.45) is 0 Å². The highest BCUT2D eigenvalue weighted by molar-refractivity contribution is 9.10. The van der Waals surface area contributed by atoms with Gasteiger partial charge in [-0.1, -0.05) is 0 Å². The van der Waals surface area contributed by atoms with E-state index in [1.165, 1.54) is 6.33 Å². The van der Waals surface area contributed by atoms with Crippen LogP contribution >= 0.6 is 15.9 Å².